The highest BCUT2D eigenvalue weighted by Crippen LogP contribution is 2.29. The van der Waals surface area contributed by atoms with Gasteiger partial charge in [0.2, 0.25) is 0 Å². The predicted molar refractivity (Wildman–Crippen MR) is 99.0 cm³/mol. The van der Waals surface area contributed by atoms with Gasteiger partial charge in [-0.15, -0.1) is 0 Å². The second-order valence-electron chi connectivity index (χ2n) is 5.13. The fourth-order valence-corrected chi connectivity index (χ4v) is 2.80. The number of amides is 1. The summed E-state index contributed by atoms with van der Waals surface area (Å²) in [4.78, 5) is 12.4. The molecule has 0 aliphatic rings. The molecule has 0 aliphatic heterocycles. The van der Waals surface area contributed by atoms with Gasteiger partial charge in [0.15, 0.2) is 0 Å². The van der Waals surface area contributed by atoms with Gasteiger partial charge in [-0.05, 0) is 36.4 Å². The van der Waals surface area contributed by atoms with Crippen LogP contribution in [-0.2, 0) is 0 Å². The lowest BCUT2D eigenvalue weighted by Crippen LogP contribution is -2.19. The summed E-state index contributed by atoms with van der Waals surface area (Å²) in [6.45, 7) is 0. The molecule has 0 fully saturated rings. The van der Waals surface area contributed by atoms with Gasteiger partial charge in [0, 0.05) is 23.0 Å². The molecule has 2 aromatic carbocycles. The van der Waals surface area contributed by atoms with Crippen LogP contribution in [0.1, 0.15) is 15.9 Å². The molecule has 0 unspecified atom stereocenters. The highest BCUT2D eigenvalue weighted by molar-refractivity contribution is 6.36. The van der Waals surface area contributed by atoms with E-state index in [1.54, 1.807) is 12.1 Å². The number of nitrogens with one attached hydrogen (secondary N) is 1. The van der Waals surface area contributed by atoms with E-state index < -0.39 is 0 Å². The van der Waals surface area contributed by atoms with Gasteiger partial charge in [0.05, 0.1) is 22.5 Å². The van der Waals surface area contributed by atoms with Crippen molar-refractivity contribution in [2.24, 2.45) is 5.10 Å². The molecule has 1 heterocycles. The van der Waals surface area contributed by atoms with Crippen molar-refractivity contribution in [1.82, 2.24) is 9.99 Å². The molecule has 0 spiro atoms. The van der Waals surface area contributed by atoms with Crippen molar-refractivity contribution in [1.29, 1.82) is 0 Å². The third kappa shape index (κ3) is 3.84. The Morgan fingerprint density at radius 2 is 1.84 bits per heavy atom. The van der Waals surface area contributed by atoms with E-state index in [9.17, 15) is 9.90 Å². The Balaban J connectivity index is 1.81. The zero-order valence-corrected chi connectivity index (χ0v) is 14.4. The minimum absolute atomic E-state index is 0.109. The molecular formula is C18H13Cl2N3O2. The normalized spacial score (nSPS) is 11.0. The first-order valence-electron chi connectivity index (χ1n) is 7.30. The van der Waals surface area contributed by atoms with Gasteiger partial charge in [0.1, 0.15) is 5.75 Å². The van der Waals surface area contributed by atoms with E-state index in [1.807, 2.05) is 41.2 Å². The summed E-state index contributed by atoms with van der Waals surface area (Å²) in [6.07, 6.45) is 4.98. The Bertz CT molecular complexity index is 937. The molecule has 0 atom stereocenters. The summed E-state index contributed by atoms with van der Waals surface area (Å²) in [7, 11) is 0. The highest BCUT2D eigenvalue weighted by Gasteiger charge is 2.11. The summed E-state index contributed by atoms with van der Waals surface area (Å²) in [5, 5.41) is 14.2. The number of aromatic hydroxyl groups is 1. The molecule has 0 saturated heterocycles. The molecular weight excluding hydrogens is 361 g/mol. The second-order valence-corrected chi connectivity index (χ2v) is 5.98. The van der Waals surface area contributed by atoms with E-state index >= 15 is 0 Å². The Labute approximate surface area is 154 Å². The fraction of sp³-hybridized carbons (Fsp3) is 0. The fourth-order valence-electron chi connectivity index (χ4n) is 2.29. The van der Waals surface area contributed by atoms with Crippen LogP contribution < -0.4 is 5.43 Å². The number of hydrogen-bond acceptors (Lipinski definition) is 3. The van der Waals surface area contributed by atoms with Crippen LogP contribution in [-0.4, -0.2) is 21.8 Å². The number of phenolic OH excluding ortho intramolecular Hbond substituents is 1. The number of nitrogens with zero attached hydrogens (tertiary/aromatic N) is 2. The molecule has 126 valence electrons. The Morgan fingerprint density at radius 3 is 2.60 bits per heavy atom. The number of carbonyl (C=O) groups excluding carboxylic acids is 1. The van der Waals surface area contributed by atoms with E-state index in [2.05, 4.69) is 10.5 Å². The van der Waals surface area contributed by atoms with Gasteiger partial charge in [-0.1, -0.05) is 35.3 Å². The lowest BCUT2D eigenvalue weighted by molar-refractivity contribution is 0.0955. The monoisotopic (exact) mass is 373 g/mol. The zero-order valence-electron chi connectivity index (χ0n) is 12.9. The van der Waals surface area contributed by atoms with Gasteiger partial charge >= 0.3 is 0 Å². The average molecular weight is 374 g/mol. The third-order valence-corrected chi connectivity index (χ3v) is 3.97. The predicted octanol–water partition coefficient (Wildman–Crippen LogP) is 4.25. The Kier molecular flexibility index (Phi) is 5.07. The molecule has 0 radical (unpaired) electrons. The number of carbonyl (C=O) groups is 1. The molecule has 2 N–H and O–H groups in total. The van der Waals surface area contributed by atoms with Crippen LogP contribution in [0.3, 0.4) is 0 Å². The van der Waals surface area contributed by atoms with Crippen LogP contribution in [0.2, 0.25) is 10.0 Å². The van der Waals surface area contributed by atoms with E-state index in [-0.39, 0.29) is 16.7 Å². The number of halogens is 2. The summed E-state index contributed by atoms with van der Waals surface area (Å²) in [5.74, 6) is -0.537. The number of para-hydroxylation sites is 1. The minimum Gasteiger partial charge on any atom is -0.506 e. The topological polar surface area (TPSA) is 66.6 Å². The molecule has 0 bridgehead atoms. The molecule has 3 rings (SSSR count). The van der Waals surface area contributed by atoms with Gasteiger partial charge in [0.25, 0.3) is 5.91 Å². The second kappa shape index (κ2) is 7.42. The van der Waals surface area contributed by atoms with E-state index in [1.165, 1.54) is 18.3 Å². The quantitative estimate of drug-likeness (QED) is 0.530. The largest absolute Gasteiger partial charge is 0.506 e. The lowest BCUT2D eigenvalue weighted by Gasteiger charge is -2.09. The van der Waals surface area contributed by atoms with Crippen LogP contribution in [0.25, 0.3) is 5.69 Å². The Hall–Kier alpha value is -2.76. The summed E-state index contributed by atoms with van der Waals surface area (Å²) >= 11 is 11.7. The first-order valence-corrected chi connectivity index (χ1v) is 8.05. The van der Waals surface area contributed by atoms with Crippen molar-refractivity contribution in [3.05, 3.63) is 82.1 Å². The van der Waals surface area contributed by atoms with Crippen LogP contribution in [0.15, 0.2) is 66.0 Å². The van der Waals surface area contributed by atoms with Crippen LogP contribution in [0.5, 0.6) is 5.75 Å². The number of hydrogen-bond donors (Lipinski definition) is 2. The molecule has 5 nitrogen and oxygen atoms in total. The molecule has 0 saturated carbocycles. The number of benzene rings is 2. The lowest BCUT2D eigenvalue weighted by atomic mass is 10.1. The standard InChI is InChI=1S/C18H13Cl2N3O2/c19-13-9-12(17(24)15(20)10-13)11-21-22-18(25)14-5-1-2-6-16(14)23-7-3-4-8-23/h1-11,24H,(H,22,25)/b21-11+. The highest BCUT2D eigenvalue weighted by atomic mass is 35.5. The average Bonchev–Trinajstić information content (AvgIpc) is 3.13. The Morgan fingerprint density at radius 1 is 1.12 bits per heavy atom. The van der Waals surface area contributed by atoms with Crippen molar-refractivity contribution < 1.29 is 9.90 Å². The van der Waals surface area contributed by atoms with Crippen molar-refractivity contribution in [3.8, 4) is 11.4 Å². The summed E-state index contributed by atoms with van der Waals surface area (Å²) in [6, 6.07) is 13.8. The molecule has 1 amide bonds. The van der Waals surface area contributed by atoms with Gasteiger partial charge in [-0.3, -0.25) is 4.79 Å². The van der Waals surface area contributed by atoms with Gasteiger partial charge < -0.3 is 9.67 Å². The van der Waals surface area contributed by atoms with Crippen LogP contribution in [0, 0.1) is 0 Å². The maximum atomic E-state index is 12.4. The molecule has 0 aliphatic carbocycles. The zero-order chi connectivity index (χ0) is 17.8. The van der Waals surface area contributed by atoms with Crippen molar-refractivity contribution in [2.75, 3.05) is 0 Å². The first kappa shape index (κ1) is 17.1. The van der Waals surface area contributed by atoms with Crippen LogP contribution in [0.4, 0.5) is 0 Å². The van der Waals surface area contributed by atoms with Gasteiger partial charge in [-0.25, -0.2) is 5.43 Å². The van der Waals surface area contributed by atoms with E-state index in [0.29, 0.717) is 16.1 Å². The smallest absolute Gasteiger partial charge is 0.273 e. The SMILES string of the molecule is O=C(N/N=C/c1cc(Cl)cc(Cl)c1O)c1ccccc1-n1cccc1. The number of aromatic nitrogens is 1. The summed E-state index contributed by atoms with van der Waals surface area (Å²) < 4.78 is 1.83. The molecule has 3 aromatic rings. The van der Waals surface area contributed by atoms with E-state index in [4.69, 9.17) is 23.2 Å². The van der Waals surface area contributed by atoms with Crippen molar-refractivity contribution >= 4 is 35.3 Å². The van der Waals surface area contributed by atoms with Crippen LogP contribution >= 0.6 is 23.2 Å². The number of phenols is 1. The van der Waals surface area contributed by atoms with Gasteiger partial charge in [-0.2, -0.15) is 5.10 Å². The number of hydrazone groups is 1. The maximum Gasteiger partial charge on any atom is 0.273 e. The van der Waals surface area contributed by atoms with E-state index in [0.717, 1.165) is 5.69 Å². The summed E-state index contributed by atoms with van der Waals surface area (Å²) in [5.41, 5.74) is 3.93. The van der Waals surface area contributed by atoms with Crippen molar-refractivity contribution in [3.63, 3.8) is 0 Å². The third-order valence-electron chi connectivity index (χ3n) is 3.46. The molecule has 25 heavy (non-hydrogen) atoms. The molecule has 7 heteroatoms. The maximum absolute atomic E-state index is 12.4. The first-order chi connectivity index (χ1) is 12.1. The number of rotatable bonds is 4. The van der Waals surface area contributed by atoms with Crippen molar-refractivity contribution in [2.45, 2.75) is 0 Å². The minimum atomic E-state index is -0.381. The molecule has 1 aromatic heterocycles.